The molecule has 124 valence electrons. The summed E-state index contributed by atoms with van der Waals surface area (Å²) >= 11 is 0. The van der Waals surface area contributed by atoms with Gasteiger partial charge in [-0.15, -0.1) is 0 Å². The van der Waals surface area contributed by atoms with Crippen molar-refractivity contribution in [3.63, 3.8) is 0 Å². The van der Waals surface area contributed by atoms with Crippen LogP contribution in [0.1, 0.15) is 26.2 Å². The number of nitrogens with zero attached hydrogens (tertiary/aromatic N) is 2. The molecule has 0 amide bonds. The van der Waals surface area contributed by atoms with E-state index in [-0.39, 0.29) is 5.75 Å². The number of ether oxygens (including phenoxy) is 1. The minimum atomic E-state index is -3.08. The van der Waals surface area contributed by atoms with Crippen LogP contribution in [0.15, 0.2) is 0 Å². The molecule has 1 atom stereocenters. The van der Waals surface area contributed by atoms with Crippen molar-refractivity contribution < 1.29 is 13.2 Å². The zero-order valence-corrected chi connectivity index (χ0v) is 13.9. The van der Waals surface area contributed by atoms with Crippen molar-refractivity contribution >= 4 is 10.0 Å². The summed E-state index contributed by atoms with van der Waals surface area (Å²) in [5.74, 6) is 0.263. The van der Waals surface area contributed by atoms with E-state index < -0.39 is 10.0 Å². The van der Waals surface area contributed by atoms with Gasteiger partial charge >= 0.3 is 0 Å². The first-order chi connectivity index (χ1) is 10.1. The molecule has 2 rings (SSSR count). The fourth-order valence-corrected chi connectivity index (χ4v) is 4.56. The monoisotopic (exact) mass is 319 g/mol. The van der Waals surface area contributed by atoms with Gasteiger partial charge in [0.2, 0.25) is 10.0 Å². The van der Waals surface area contributed by atoms with E-state index in [0.29, 0.717) is 25.6 Å². The summed E-state index contributed by atoms with van der Waals surface area (Å²) in [6.07, 6.45) is 2.73. The van der Waals surface area contributed by atoms with Crippen molar-refractivity contribution in [3.05, 3.63) is 0 Å². The standard InChI is InChI=1S/C14H29N3O3S/c1-2-5-15-6-3-12-21(18,19)17-7-4-14(13-17)16-8-10-20-11-9-16/h14-15H,2-13H2,1H3. The fraction of sp³-hybridized carbons (Fsp3) is 1.00. The highest BCUT2D eigenvalue weighted by Gasteiger charge is 2.34. The van der Waals surface area contributed by atoms with Gasteiger partial charge in [0, 0.05) is 32.2 Å². The van der Waals surface area contributed by atoms with Gasteiger partial charge in [0.05, 0.1) is 19.0 Å². The summed E-state index contributed by atoms with van der Waals surface area (Å²) in [5.41, 5.74) is 0. The molecule has 21 heavy (non-hydrogen) atoms. The Labute approximate surface area is 128 Å². The SMILES string of the molecule is CCCNCCCS(=O)(=O)N1CCC(N2CCOCC2)C1. The van der Waals surface area contributed by atoms with E-state index in [4.69, 9.17) is 4.74 Å². The lowest BCUT2D eigenvalue weighted by atomic mass is 10.2. The van der Waals surface area contributed by atoms with Crippen molar-refractivity contribution in [2.24, 2.45) is 0 Å². The normalized spacial score (nSPS) is 25.5. The third-order valence-corrected chi connectivity index (χ3v) is 6.19. The van der Waals surface area contributed by atoms with Crippen molar-refractivity contribution in [3.8, 4) is 0 Å². The molecule has 0 radical (unpaired) electrons. The number of morpholine rings is 1. The molecule has 2 aliphatic heterocycles. The second-order valence-electron chi connectivity index (χ2n) is 5.87. The van der Waals surface area contributed by atoms with Crippen LogP contribution >= 0.6 is 0 Å². The van der Waals surface area contributed by atoms with Gasteiger partial charge in [0.1, 0.15) is 0 Å². The maximum absolute atomic E-state index is 12.3. The number of rotatable bonds is 8. The van der Waals surface area contributed by atoms with Gasteiger partial charge in [-0.25, -0.2) is 12.7 Å². The topological polar surface area (TPSA) is 61.9 Å². The van der Waals surface area contributed by atoms with Crippen LogP contribution in [0.4, 0.5) is 0 Å². The molecule has 2 saturated heterocycles. The number of hydrogen-bond acceptors (Lipinski definition) is 5. The van der Waals surface area contributed by atoms with Crippen LogP contribution in [-0.2, 0) is 14.8 Å². The van der Waals surface area contributed by atoms with Crippen molar-refractivity contribution in [1.29, 1.82) is 0 Å². The van der Waals surface area contributed by atoms with Crippen LogP contribution in [-0.4, -0.2) is 81.9 Å². The molecule has 0 aliphatic carbocycles. The molecule has 2 fully saturated rings. The minimum Gasteiger partial charge on any atom is -0.379 e. The fourth-order valence-electron chi connectivity index (χ4n) is 3.01. The zero-order valence-electron chi connectivity index (χ0n) is 13.1. The molecule has 6 nitrogen and oxygen atoms in total. The molecular weight excluding hydrogens is 290 g/mol. The smallest absolute Gasteiger partial charge is 0.214 e. The lowest BCUT2D eigenvalue weighted by Gasteiger charge is -2.32. The van der Waals surface area contributed by atoms with Crippen LogP contribution in [0.5, 0.6) is 0 Å². The van der Waals surface area contributed by atoms with Crippen LogP contribution in [0.2, 0.25) is 0 Å². The first kappa shape index (κ1) is 17.1. The second kappa shape index (κ2) is 8.43. The largest absolute Gasteiger partial charge is 0.379 e. The maximum Gasteiger partial charge on any atom is 0.214 e. The number of hydrogen-bond donors (Lipinski definition) is 1. The Hall–Kier alpha value is -0.210. The van der Waals surface area contributed by atoms with Gasteiger partial charge in [-0.1, -0.05) is 6.92 Å². The highest BCUT2D eigenvalue weighted by atomic mass is 32.2. The van der Waals surface area contributed by atoms with Crippen LogP contribution in [0.3, 0.4) is 0 Å². The van der Waals surface area contributed by atoms with E-state index in [1.807, 2.05) is 0 Å². The highest BCUT2D eigenvalue weighted by Crippen LogP contribution is 2.20. The Kier molecular flexibility index (Phi) is 6.88. The predicted octanol–water partition coefficient (Wildman–Crippen LogP) is 0.112. The third kappa shape index (κ3) is 5.17. The van der Waals surface area contributed by atoms with E-state index in [1.165, 1.54) is 0 Å². The minimum absolute atomic E-state index is 0.263. The Morgan fingerprint density at radius 1 is 1.19 bits per heavy atom. The zero-order chi connectivity index (χ0) is 15.1. The Morgan fingerprint density at radius 2 is 1.95 bits per heavy atom. The number of nitrogens with one attached hydrogen (secondary N) is 1. The molecule has 2 heterocycles. The first-order valence-electron chi connectivity index (χ1n) is 8.14. The van der Waals surface area contributed by atoms with E-state index in [1.54, 1.807) is 4.31 Å². The Balaban J connectivity index is 1.73. The summed E-state index contributed by atoms with van der Waals surface area (Å²) in [4.78, 5) is 2.38. The average molecular weight is 319 g/mol. The molecular formula is C14H29N3O3S. The van der Waals surface area contributed by atoms with E-state index >= 15 is 0 Å². The van der Waals surface area contributed by atoms with Crippen molar-refractivity contribution in [2.45, 2.75) is 32.2 Å². The molecule has 0 aromatic carbocycles. The predicted molar refractivity (Wildman–Crippen MR) is 83.9 cm³/mol. The van der Waals surface area contributed by atoms with Crippen LogP contribution < -0.4 is 5.32 Å². The van der Waals surface area contributed by atoms with Gasteiger partial charge in [0.15, 0.2) is 0 Å². The van der Waals surface area contributed by atoms with Crippen LogP contribution in [0.25, 0.3) is 0 Å². The van der Waals surface area contributed by atoms with Gasteiger partial charge in [0.25, 0.3) is 0 Å². The summed E-state index contributed by atoms with van der Waals surface area (Å²) in [6, 6.07) is 0.377. The van der Waals surface area contributed by atoms with Crippen LogP contribution in [0, 0.1) is 0 Å². The van der Waals surface area contributed by atoms with E-state index in [9.17, 15) is 8.42 Å². The molecule has 1 unspecified atom stereocenters. The molecule has 1 N–H and O–H groups in total. The number of sulfonamides is 1. The van der Waals surface area contributed by atoms with E-state index in [2.05, 4.69) is 17.1 Å². The summed E-state index contributed by atoms with van der Waals surface area (Å²) < 4.78 is 31.7. The molecule has 2 aliphatic rings. The molecule has 0 aromatic heterocycles. The Morgan fingerprint density at radius 3 is 2.67 bits per heavy atom. The van der Waals surface area contributed by atoms with Gasteiger partial charge in [-0.3, -0.25) is 4.90 Å². The van der Waals surface area contributed by atoms with Crippen molar-refractivity contribution in [1.82, 2.24) is 14.5 Å². The highest BCUT2D eigenvalue weighted by molar-refractivity contribution is 7.89. The average Bonchev–Trinajstić information content (AvgIpc) is 2.99. The molecule has 0 bridgehead atoms. The summed E-state index contributed by atoms with van der Waals surface area (Å²) in [5, 5.41) is 3.25. The van der Waals surface area contributed by atoms with E-state index in [0.717, 1.165) is 52.2 Å². The molecule has 7 heteroatoms. The summed E-state index contributed by atoms with van der Waals surface area (Å²) in [6.45, 7) is 8.59. The Bertz CT molecular complexity index is 396. The second-order valence-corrected chi connectivity index (χ2v) is 7.96. The summed E-state index contributed by atoms with van der Waals surface area (Å²) in [7, 11) is -3.08. The lowest BCUT2D eigenvalue weighted by Crippen LogP contribution is -2.45. The quantitative estimate of drug-likeness (QED) is 0.644. The molecule has 0 spiro atoms. The third-order valence-electron chi connectivity index (χ3n) is 4.26. The van der Waals surface area contributed by atoms with Gasteiger partial charge < -0.3 is 10.1 Å². The van der Waals surface area contributed by atoms with Crippen molar-refractivity contribution in [2.75, 3.05) is 58.2 Å². The molecule has 0 saturated carbocycles. The maximum atomic E-state index is 12.3. The first-order valence-corrected chi connectivity index (χ1v) is 9.74. The van der Waals surface area contributed by atoms with Gasteiger partial charge in [-0.05, 0) is 32.4 Å². The molecule has 0 aromatic rings. The lowest BCUT2D eigenvalue weighted by molar-refractivity contribution is 0.0197. The van der Waals surface area contributed by atoms with Gasteiger partial charge in [-0.2, -0.15) is 0 Å².